The van der Waals surface area contributed by atoms with Gasteiger partial charge in [0.2, 0.25) is 5.91 Å². The summed E-state index contributed by atoms with van der Waals surface area (Å²) in [7, 11) is 1.91. The lowest BCUT2D eigenvalue weighted by Crippen LogP contribution is -2.56. The van der Waals surface area contributed by atoms with Crippen LogP contribution in [0.3, 0.4) is 0 Å². The fraction of sp³-hybridized carbons (Fsp3) is 0.867. The van der Waals surface area contributed by atoms with Gasteiger partial charge in [-0.15, -0.1) is 0 Å². The second kappa shape index (κ2) is 7.03. The van der Waals surface area contributed by atoms with Gasteiger partial charge in [-0.2, -0.15) is 0 Å². The molecule has 120 valence electrons. The predicted molar refractivity (Wildman–Crippen MR) is 87.2 cm³/mol. The van der Waals surface area contributed by atoms with Gasteiger partial charge in [0.05, 0.1) is 4.99 Å². The van der Waals surface area contributed by atoms with E-state index in [0.29, 0.717) is 37.1 Å². The molecule has 2 heterocycles. The van der Waals surface area contributed by atoms with Crippen molar-refractivity contribution in [1.29, 1.82) is 0 Å². The van der Waals surface area contributed by atoms with E-state index < -0.39 is 5.41 Å². The Kier molecular flexibility index (Phi) is 5.57. The molecule has 2 fully saturated rings. The van der Waals surface area contributed by atoms with Crippen molar-refractivity contribution in [3.63, 3.8) is 0 Å². The molecule has 2 N–H and O–H groups in total. The van der Waals surface area contributed by atoms with Crippen LogP contribution in [-0.4, -0.2) is 66.6 Å². The highest BCUT2D eigenvalue weighted by molar-refractivity contribution is 7.80. The van der Waals surface area contributed by atoms with Crippen molar-refractivity contribution < 1.29 is 9.53 Å². The van der Waals surface area contributed by atoms with E-state index in [1.165, 1.54) is 0 Å². The molecule has 0 atom stereocenters. The summed E-state index contributed by atoms with van der Waals surface area (Å²) >= 11 is 5.23. The zero-order valence-electron chi connectivity index (χ0n) is 13.1. The second-order valence-corrected chi connectivity index (χ2v) is 6.58. The Balaban J connectivity index is 2.05. The van der Waals surface area contributed by atoms with Crippen LogP contribution in [0.4, 0.5) is 0 Å². The van der Waals surface area contributed by atoms with Crippen molar-refractivity contribution in [2.24, 2.45) is 11.1 Å². The maximum absolute atomic E-state index is 13.0. The van der Waals surface area contributed by atoms with Gasteiger partial charge in [-0.1, -0.05) is 19.1 Å². The van der Waals surface area contributed by atoms with Crippen LogP contribution in [0.15, 0.2) is 0 Å². The summed E-state index contributed by atoms with van der Waals surface area (Å²) in [4.78, 5) is 17.7. The third-order valence-electron chi connectivity index (χ3n) is 5.10. The van der Waals surface area contributed by atoms with Gasteiger partial charge in [0, 0.05) is 39.4 Å². The van der Waals surface area contributed by atoms with Crippen molar-refractivity contribution in [3.8, 4) is 0 Å². The van der Waals surface area contributed by atoms with Gasteiger partial charge in [-0.25, -0.2) is 0 Å². The maximum Gasteiger partial charge on any atom is 0.235 e. The van der Waals surface area contributed by atoms with Gasteiger partial charge in [-0.3, -0.25) is 4.79 Å². The molecule has 0 saturated carbocycles. The summed E-state index contributed by atoms with van der Waals surface area (Å²) in [6, 6.07) is 0.300. The Morgan fingerprint density at radius 3 is 2.43 bits per heavy atom. The standard InChI is InChI=1S/C15H27N3O2S/c1-3-18-8-4-12(5-9-18)17(2)14(19)15(13(16)21)6-10-20-11-7-15/h12H,3-11H2,1-2H3,(H2,16,21). The molecular weight excluding hydrogens is 286 g/mol. The summed E-state index contributed by atoms with van der Waals surface area (Å²) in [5.74, 6) is 0.0910. The largest absolute Gasteiger partial charge is 0.392 e. The Labute approximate surface area is 132 Å². The van der Waals surface area contributed by atoms with E-state index in [9.17, 15) is 4.79 Å². The van der Waals surface area contributed by atoms with Crippen LogP contribution in [0.25, 0.3) is 0 Å². The van der Waals surface area contributed by atoms with Crippen LogP contribution in [0.2, 0.25) is 0 Å². The minimum atomic E-state index is -0.690. The first-order chi connectivity index (χ1) is 10.0. The minimum absolute atomic E-state index is 0.0910. The first-order valence-electron chi connectivity index (χ1n) is 7.88. The topological polar surface area (TPSA) is 58.8 Å². The molecule has 2 rings (SSSR count). The Morgan fingerprint density at radius 1 is 1.38 bits per heavy atom. The van der Waals surface area contributed by atoms with Crippen molar-refractivity contribution >= 4 is 23.1 Å². The van der Waals surface area contributed by atoms with Crippen LogP contribution >= 0.6 is 12.2 Å². The monoisotopic (exact) mass is 313 g/mol. The van der Waals surface area contributed by atoms with Crippen molar-refractivity contribution in [2.45, 2.75) is 38.6 Å². The number of piperidine rings is 1. The molecule has 0 unspecified atom stereocenters. The number of thiocarbonyl (C=S) groups is 1. The summed E-state index contributed by atoms with van der Waals surface area (Å²) in [5.41, 5.74) is 5.24. The number of amides is 1. The molecule has 2 aliphatic rings. The van der Waals surface area contributed by atoms with Crippen molar-refractivity contribution in [3.05, 3.63) is 0 Å². The molecule has 0 aromatic carbocycles. The molecule has 1 amide bonds. The molecule has 0 aromatic rings. The molecule has 6 heteroatoms. The molecule has 2 saturated heterocycles. The highest BCUT2D eigenvalue weighted by Gasteiger charge is 2.45. The highest BCUT2D eigenvalue weighted by atomic mass is 32.1. The van der Waals surface area contributed by atoms with Crippen LogP contribution in [0, 0.1) is 5.41 Å². The van der Waals surface area contributed by atoms with E-state index in [1.807, 2.05) is 11.9 Å². The lowest BCUT2D eigenvalue weighted by atomic mass is 9.78. The average molecular weight is 313 g/mol. The smallest absolute Gasteiger partial charge is 0.235 e. The molecule has 0 aromatic heterocycles. The number of ether oxygens (including phenoxy) is 1. The number of likely N-dealkylation sites (tertiary alicyclic amines) is 1. The summed E-state index contributed by atoms with van der Waals surface area (Å²) in [5, 5.41) is 0. The zero-order chi connectivity index (χ0) is 15.5. The van der Waals surface area contributed by atoms with E-state index >= 15 is 0 Å². The third-order valence-corrected chi connectivity index (χ3v) is 5.49. The van der Waals surface area contributed by atoms with Gasteiger partial charge in [0.15, 0.2) is 0 Å². The van der Waals surface area contributed by atoms with E-state index in [0.717, 1.165) is 32.5 Å². The van der Waals surface area contributed by atoms with E-state index in [2.05, 4.69) is 11.8 Å². The Hall–Kier alpha value is -0.720. The van der Waals surface area contributed by atoms with Crippen molar-refractivity contribution in [1.82, 2.24) is 9.80 Å². The lowest BCUT2D eigenvalue weighted by Gasteiger charge is -2.42. The quantitative estimate of drug-likeness (QED) is 0.785. The average Bonchev–Trinajstić information content (AvgIpc) is 2.54. The molecule has 21 heavy (non-hydrogen) atoms. The van der Waals surface area contributed by atoms with Gasteiger partial charge < -0.3 is 20.3 Å². The number of hydrogen-bond acceptors (Lipinski definition) is 4. The van der Waals surface area contributed by atoms with Gasteiger partial charge in [0.1, 0.15) is 5.41 Å². The van der Waals surface area contributed by atoms with Crippen LogP contribution in [-0.2, 0) is 9.53 Å². The van der Waals surface area contributed by atoms with Gasteiger partial charge in [-0.05, 0) is 32.2 Å². The molecule has 0 spiro atoms. The fourth-order valence-electron chi connectivity index (χ4n) is 3.41. The van der Waals surface area contributed by atoms with Crippen LogP contribution in [0.1, 0.15) is 32.6 Å². The van der Waals surface area contributed by atoms with E-state index in [4.69, 9.17) is 22.7 Å². The fourth-order valence-corrected chi connectivity index (χ4v) is 3.70. The van der Waals surface area contributed by atoms with Crippen LogP contribution < -0.4 is 5.73 Å². The molecule has 0 aliphatic carbocycles. The first-order valence-corrected chi connectivity index (χ1v) is 8.29. The van der Waals surface area contributed by atoms with Gasteiger partial charge >= 0.3 is 0 Å². The summed E-state index contributed by atoms with van der Waals surface area (Å²) in [6.45, 7) is 6.50. The number of nitrogens with two attached hydrogens (primary N) is 1. The van der Waals surface area contributed by atoms with Crippen molar-refractivity contribution in [2.75, 3.05) is 39.9 Å². The number of carbonyl (C=O) groups excluding carboxylic acids is 1. The minimum Gasteiger partial charge on any atom is -0.392 e. The SMILES string of the molecule is CCN1CCC(N(C)C(=O)C2(C(N)=S)CCOCC2)CC1. The molecule has 0 radical (unpaired) electrons. The number of rotatable bonds is 4. The van der Waals surface area contributed by atoms with E-state index in [-0.39, 0.29) is 5.91 Å². The Morgan fingerprint density at radius 2 is 1.95 bits per heavy atom. The van der Waals surface area contributed by atoms with Crippen LogP contribution in [0.5, 0.6) is 0 Å². The second-order valence-electron chi connectivity index (χ2n) is 6.14. The Bertz CT molecular complexity index is 388. The molecule has 0 bridgehead atoms. The molecular formula is C15H27N3O2S. The van der Waals surface area contributed by atoms with Gasteiger partial charge in [0.25, 0.3) is 0 Å². The maximum atomic E-state index is 13.0. The molecule has 2 aliphatic heterocycles. The highest BCUT2D eigenvalue weighted by Crippen LogP contribution is 2.34. The third kappa shape index (κ3) is 3.38. The number of hydrogen-bond donors (Lipinski definition) is 1. The summed E-state index contributed by atoms with van der Waals surface area (Å²) < 4.78 is 5.39. The summed E-state index contributed by atoms with van der Waals surface area (Å²) in [6.07, 6.45) is 3.28. The normalized spacial score (nSPS) is 23.7. The molecule has 5 nitrogen and oxygen atoms in total. The predicted octanol–water partition coefficient (Wildman–Crippen LogP) is 1.01. The lowest BCUT2D eigenvalue weighted by molar-refractivity contribution is -0.144. The van der Waals surface area contributed by atoms with E-state index in [1.54, 1.807) is 0 Å². The first kappa shape index (κ1) is 16.6. The zero-order valence-corrected chi connectivity index (χ0v) is 14.0. The number of nitrogens with zero attached hydrogens (tertiary/aromatic N) is 2. The number of carbonyl (C=O) groups is 1.